The van der Waals surface area contributed by atoms with Crippen molar-refractivity contribution < 1.29 is 9.94 Å². The Kier molecular flexibility index (Phi) is 4.21. The van der Waals surface area contributed by atoms with Crippen LogP contribution in [0.3, 0.4) is 0 Å². The van der Waals surface area contributed by atoms with E-state index in [1.807, 2.05) is 71.9 Å². The standard InChI is InChI=1S/C26H20N4O2/c31-25-10-4-3-9-23(25)28-15-16-29(18-28)32-19-12-13-21-20-7-1-2-8-22(20)30(24(21)17-19)26-11-5-6-14-27-26/h1-17,31H,18H2. The summed E-state index contributed by atoms with van der Waals surface area (Å²) < 4.78 is 2.16. The Morgan fingerprint density at radius 2 is 1.59 bits per heavy atom. The molecular formula is C26H20N4O2. The van der Waals surface area contributed by atoms with E-state index in [0.717, 1.165) is 33.7 Å². The lowest BCUT2D eigenvalue weighted by atomic mass is 10.1. The SMILES string of the molecule is Oc1ccccc1N1C=CN(Oc2ccc3c4ccccc4n(-c4ccccn4)c3c2)C1. The van der Waals surface area contributed by atoms with E-state index in [2.05, 4.69) is 33.8 Å². The third-order valence-corrected chi connectivity index (χ3v) is 5.64. The first-order valence-electron chi connectivity index (χ1n) is 10.4. The number of nitrogens with zero attached hydrogens (tertiary/aromatic N) is 4. The molecular weight excluding hydrogens is 400 g/mol. The number of phenols is 1. The zero-order chi connectivity index (χ0) is 21.5. The number of anilines is 1. The smallest absolute Gasteiger partial charge is 0.157 e. The monoisotopic (exact) mass is 420 g/mol. The average molecular weight is 420 g/mol. The summed E-state index contributed by atoms with van der Waals surface area (Å²) in [5.41, 5.74) is 2.87. The van der Waals surface area contributed by atoms with E-state index >= 15 is 0 Å². The van der Waals surface area contributed by atoms with Crippen LogP contribution in [0, 0.1) is 0 Å². The van der Waals surface area contributed by atoms with E-state index in [4.69, 9.17) is 4.84 Å². The second-order valence-corrected chi connectivity index (χ2v) is 7.63. The summed E-state index contributed by atoms with van der Waals surface area (Å²) in [5.74, 6) is 1.82. The van der Waals surface area contributed by atoms with Crippen molar-refractivity contribution in [2.75, 3.05) is 11.6 Å². The normalized spacial score (nSPS) is 13.4. The summed E-state index contributed by atoms with van der Waals surface area (Å²) in [7, 11) is 0. The molecule has 0 fully saturated rings. The third-order valence-electron chi connectivity index (χ3n) is 5.64. The largest absolute Gasteiger partial charge is 0.506 e. The maximum absolute atomic E-state index is 10.1. The highest BCUT2D eigenvalue weighted by molar-refractivity contribution is 6.09. The van der Waals surface area contributed by atoms with Gasteiger partial charge in [0.25, 0.3) is 0 Å². The van der Waals surface area contributed by atoms with Gasteiger partial charge in [-0.05, 0) is 42.5 Å². The van der Waals surface area contributed by atoms with Crippen LogP contribution in [0.5, 0.6) is 11.5 Å². The lowest BCUT2D eigenvalue weighted by Gasteiger charge is -2.21. The van der Waals surface area contributed by atoms with Crippen molar-refractivity contribution >= 4 is 27.5 Å². The summed E-state index contributed by atoms with van der Waals surface area (Å²) in [6.45, 7) is 0.471. The number of para-hydroxylation sites is 3. The number of hydrogen-bond acceptors (Lipinski definition) is 5. The fourth-order valence-corrected chi connectivity index (χ4v) is 4.20. The van der Waals surface area contributed by atoms with Crippen molar-refractivity contribution in [3.05, 3.63) is 104 Å². The third kappa shape index (κ3) is 3.01. The molecule has 32 heavy (non-hydrogen) atoms. The Bertz CT molecular complexity index is 1460. The molecule has 5 aromatic rings. The predicted molar refractivity (Wildman–Crippen MR) is 126 cm³/mol. The summed E-state index contributed by atoms with van der Waals surface area (Å²) >= 11 is 0. The van der Waals surface area contributed by atoms with Crippen molar-refractivity contribution in [1.29, 1.82) is 0 Å². The van der Waals surface area contributed by atoms with E-state index < -0.39 is 0 Å². The van der Waals surface area contributed by atoms with Crippen LogP contribution in [0.25, 0.3) is 27.6 Å². The highest BCUT2D eigenvalue weighted by Gasteiger charge is 2.19. The molecule has 2 aromatic heterocycles. The molecule has 6 nitrogen and oxygen atoms in total. The maximum atomic E-state index is 10.1. The minimum absolute atomic E-state index is 0.236. The van der Waals surface area contributed by atoms with Gasteiger partial charge in [-0.1, -0.05) is 36.4 Å². The van der Waals surface area contributed by atoms with Crippen LogP contribution >= 0.6 is 0 Å². The highest BCUT2D eigenvalue weighted by atomic mass is 16.7. The molecule has 0 spiro atoms. The van der Waals surface area contributed by atoms with Crippen LogP contribution in [0.1, 0.15) is 0 Å². The van der Waals surface area contributed by atoms with Crippen molar-refractivity contribution in [2.45, 2.75) is 0 Å². The number of phenolic OH excluding ortho intramolecular Hbond substituents is 1. The van der Waals surface area contributed by atoms with Gasteiger partial charge >= 0.3 is 0 Å². The number of pyridine rings is 1. The number of hydrogen-bond donors (Lipinski definition) is 1. The second kappa shape index (κ2) is 7.35. The van der Waals surface area contributed by atoms with Crippen LogP contribution in [0.15, 0.2) is 104 Å². The van der Waals surface area contributed by atoms with Gasteiger partial charge in [0.2, 0.25) is 0 Å². The average Bonchev–Trinajstić information content (AvgIpc) is 3.42. The maximum Gasteiger partial charge on any atom is 0.157 e. The van der Waals surface area contributed by atoms with Crippen LogP contribution < -0.4 is 9.74 Å². The van der Waals surface area contributed by atoms with Gasteiger partial charge < -0.3 is 14.8 Å². The Balaban J connectivity index is 1.36. The van der Waals surface area contributed by atoms with Gasteiger partial charge in [-0.25, -0.2) is 4.98 Å². The fraction of sp³-hybridized carbons (Fsp3) is 0.0385. The van der Waals surface area contributed by atoms with Crippen LogP contribution in [0.2, 0.25) is 0 Å². The van der Waals surface area contributed by atoms with Crippen LogP contribution in [-0.2, 0) is 0 Å². The molecule has 1 N–H and O–H groups in total. The second-order valence-electron chi connectivity index (χ2n) is 7.63. The van der Waals surface area contributed by atoms with Gasteiger partial charge in [0, 0.05) is 29.2 Å². The molecule has 0 unspecified atom stereocenters. The molecule has 6 rings (SSSR count). The minimum Gasteiger partial charge on any atom is -0.506 e. The van der Waals surface area contributed by atoms with Crippen LogP contribution in [-0.4, -0.2) is 26.4 Å². The number of rotatable bonds is 4. The summed E-state index contributed by atoms with van der Waals surface area (Å²) in [6, 6.07) is 27.6. The van der Waals surface area contributed by atoms with Gasteiger partial charge in [-0.2, -0.15) is 5.06 Å². The van der Waals surface area contributed by atoms with Crippen molar-refractivity contribution in [3.63, 3.8) is 0 Å². The van der Waals surface area contributed by atoms with Crippen molar-refractivity contribution in [3.8, 4) is 17.3 Å². The Morgan fingerprint density at radius 1 is 0.781 bits per heavy atom. The molecule has 3 heterocycles. The molecule has 0 saturated carbocycles. The Hall–Kier alpha value is -4.45. The molecule has 0 amide bonds. The van der Waals surface area contributed by atoms with E-state index in [9.17, 15) is 5.11 Å². The van der Waals surface area contributed by atoms with E-state index in [-0.39, 0.29) is 5.75 Å². The van der Waals surface area contributed by atoms with Gasteiger partial charge in [0.1, 0.15) is 18.2 Å². The zero-order valence-electron chi connectivity index (χ0n) is 17.2. The van der Waals surface area contributed by atoms with Crippen LogP contribution in [0.4, 0.5) is 5.69 Å². The topological polar surface area (TPSA) is 53.8 Å². The van der Waals surface area contributed by atoms with Gasteiger partial charge in [-0.15, -0.1) is 0 Å². The minimum atomic E-state index is 0.236. The summed E-state index contributed by atoms with van der Waals surface area (Å²) in [6.07, 6.45) is 5.54. The quantitative estimate of drug-likeness (QED) is 0.420. The predicted octanol–water partition coefficient (Wildman–Crippen LogP) is 5.43. The molecule has 0 aliphatic carbocycles. The zero-order valence-corrected chi connectivity index (χ0v) is 17.2. The first kappa shape index (κ1) is 18.3. The van der Waals surface area contributed by atoms with Gasteiger partial charge in [0.05, 0.1) is 22.9 Å². The Morgan fingerprint density at radius 3 is 2.47 bits per heavy atom. The van der Waals surface area contributed by atoms with E-state index in [1.165, 1.54) is 5.39 Å². The first-order chi connectivity index (χ1) is 15.8. The molecule has 0 atom stereocenters. The molecule has 6 heteroatoms. The number of benzene rings is 3. The summed E-state index contributed by atoms with van der Waals surface area (Å²) in [5, 5.41) is 14.2. The first-order valence-corrected chi connectivity index (χ1v) is 10.4. The molecule has 0 bridgehead atoms. The van der Waals surface area contributed by atoms with Gasteiger partial charge in [-0.3, -0.25) is 4.57 Å². The summed E-state index contributed by atoms with van der Waals surface area (Å²) in [4.78, 5) is 12.7. The molecule has 1 aliphatic heterocycles. The number of hydroxylamine groups is 2. The number of aromatic nitrogens is 2. The lowest BCUT2D eigenvalue weighted by molar-refractivity contribution is 0.00346. The molecule has 0 radical (unpaired) electrons. The lowest BCUT2D eigenvalue weighted by Crippen LogP contribution is -2.27. The van der Waals surface area contributed by atoms with E-state index in [0.29, 0.717) is 6.67 Å². The Labute approximate surface area is 184 Å². The van der Waals surface area contributed by atoms with E-state index in [1.54, 1.807) is 17.3 Å². The molecule has 3 aromatic carbocycles. The fourth-order valence-electron chi connectivity index (χ4n) is 4.20. The highest BCUT2D eigenvalue weighted by Crippen LogP contribution is 2.34. The number of aromatic hydroxyl groups is 1. The van der Waals surface area contributed by atoms with Gasteiger partial charge in [0.15, 0.2) is 5.75 Å². The number of fused-ring (bicyclic) bond motifs is 3. The molecule has 1 aliphatic rings. The van der Waals surface area contributed by atoms with Crippen molar-refractivity contribution in [2.24, 2.45) is 0 Å². The van der Waals surface area contributed by atoms with Crippen molar-refractivity contribution in [1.82, 2.24) is 14.6 Å². The molecule has 0 saturated heterocycles. The molecule has 156 valence electrons.